The molecule has 1 aromatic carbocycles. The Hall–Kier alpha value is -1.92. The molecule has 126 valence electrons. The number of aromatic amines is 1. The molecule has 7 heteroatoms. The van der Waals surface area contributed by atoms with Gasteiger partial charge in [-0.25, -0.2) is 4.98 Å². The molecule has 2 aromatic rings. The molecule has 1 unspecified atom stereocenters. The lowest BCUT2D eigenvalue weighted by Gasteiger charge is -2.23. The zero-order valence-electron chi connectivity index (χ0n) is 13.4. The minimum Gasteiger partial charge on any atom is -0.342 e. The summed E-state index contributed by atoms with van der Waals surface area (Å²) >= 11 is 0. The number of carbonyl (C=O) groups is 1. The largest absolute Gasteiger partial charge is 0.342 e. The van der Waals surface area contributed by atoms with Crippen LogP contribution in [0.4, 0.5) is 0 Å². The lowest BCUT2D eigenvalue weighted by molar-refractivity contribution is -0.131. The Bertz CT molecular complexity index is 717. The molecule has 6 nitrogen and oxygen atoms in total. The summed E-state index contributed by atoms with van der Waals surface area (Å²) < 4.78 is 0. The van der Waals surface area contributed by atoms with Gasteiger partial charge in [0.2, 0.25) is 5.91 Å². The van der Waals surface area contributed by atoms with Gasteiger partial charge in [-0.1, -0.05) is 12.1 Å². The molecule has 3 N–H and O–H groups in total. The molecule has 2 rings (SSSR count). The zero-order valence-corrected chi connectivity index (χ0v) is 14.2. The van der Waals surface area contributed by atoms with Crippen LogP contribution in [-0.4, -0.2) is 40.4 Å². The fourth-order valence-corrected chi connectivity index (χ4v) is 2.24. The van der Waals surface area contributed by atoms with Gasteiger partial charge in [0, 0.05) is 32.5 Å². The smallest absolute Gasteiger partial charge is 0.258 e. The summed E-state index contributed by atoms with van der Waals surface area (Å²) in [5, 5.41) is 0.582. The van der Waals surface area contributed by atoms with Crippen LogP contribution in [0.25, 0.3) is 10.9 Å². The van der Waals surface area contributed by atoms with E-state index in [1.807, 2.05) is 25.1 Å². The number of H-pyrrole nitrogens is 1. The van der Waals surface area contributed by atoms with E-state index >= 15 is 0 Å². The molecule has 23 heavy (non-hydrogen) atoms. The summed E-state index contributed by atoms with van der Waals surface area (Å²) in [6.45, 7) is 2.36. The molecule has 0 saturated heterocycles. The summed E-state index contributed by atoms with van der Waals surface area (Å²) in [5.74, 6) is 0.673. The first kappa shape index (κ1) is 19.1. The number of aryl methyl sites for hydroxylation is 1. The summed E-state index contributed by atoms with van der Waals surface area (Å²) in [4.78, 5) is 32.8. The van der Waals surface area contributed by atoms with E-state index in [1.54, 1.807) is 18.0 Å². The predicted octanol–water partition coefficient (Wildman–Crippen LogP) is 1.47. The molecule has 1 heterocycles. The summed E-state index contributed by atoms with van der Waals surface area (Å²) in [7, 11) is 1.76. The highest BCUT2D eigenvalue weighted by Gasteiger charge is 2.14. The number of hydrogen-bond donors (Lipinski definition) is 2. The van der Waals surface area contributed by atoms with Crippen LogP contribution >= 0.6 is 12.4 Å². The monoisotopic (exact) mass is 338 g/mol. The Kier molecular flexibility index (Phi) is 7.19. The molecular formula is C16H23ClN4O2. The fourth-order valence-electron chi connectivity index (χ4n) is 2.24. The molecule has 1 amide bonds. The standard InChI is InChI=1S/C16H22N4O2.ClH/c1-11(10-17)20(2)15(21)9-5-8-14-18-13-7-4-3-6-12(13)16(22)19-14;/h3-4,6-7,11H,5,8-10,17H2,1-2H3,(H,18,19,22);1H. The van der Waals surface area contributed by atoms with Crippen LogP contribution in [-0.2, 0) is 11.2 Å². The first-order valence-corrected chi connectivity index (χ1v) is 7.46. The second-order valence-electron chi connectivity index (χ2n) is 5.47. The number of aromatic nitrogens is 2. The highest BCUT2D eigenvalue weighted by Crippen LogP contribution is 2.08. The third-order valence-electron chi connectivity index (χ3n) is 3.86. The van der Waals surface area contributed by atoms with Crippen molar-refractivity contribution in [3.05, 3.63) is 40.4 Å². The van der Waals surface area contributed by atoms with Crippen molar-refractivity contribution in [3.8, 4) is 0 Å². The molecule has 0 bridgehead atoms. The lowest BCUT2D eigenvalue weighted by Crippen LogP contribution is -2.39. The number of likely N-dealkylation sites (N-methyl/N-ethyl adjacent to an activating group) is 1. The van der Waals surface area contributed by atoms with E-state index < -0.39 is 0 Å². The van der Waals surface area contributed by atoms with Gasteiger partial charge in [0.05, 0.1) is 10.9 Å². The molecule has 1 atom stereocenters. The van der Waals surface area contributed by atoms with Crippen LogP contribution in [0.15, 0.2) is 29.1 Å². The number of amides is 1. The van der Waals surface area contributed by atoms with E-state index in [0.717, 1.165) is 0 Å². The van der Waals surface area contributed by atoms with E-state index in [4.69, 9.17) is 5.73 Å². The Balaban J connectivity index is 0.00000264. The number of para-hydroxylation sites is 1. The Morgan fingerprint density at radius 3 is 2.78 bits per heavy atom. The number of nitrogens with one attached hydrogen (secondary N) is 1. The Labute approximate surface area is 141 Å². The number of halogens is 1. The van der Waals surface area contributed by atoms with Gasteiger partial charge in [-0.2, -0.15) is 0 Å². The lowest BCUT2D eigenvalue weighted by atomic mass is 10.2. The minimum atomic E-state index is -0.138. The van der Waals surface area contributed by atoms with Crippen molar-refractivity contribution in [3.63, 3.8) is 0 Å². The third-order valence-corrected chi connectivity index (χ3v) is 3.86. The number of nitrogens with two attached hydrogens (primary N) is 1. The molecule has 0 fully saturated rings. The van der Waals surface area contributed by atoms with E-state index in [1.165, 1.54) is 0 Å². The van der Waals surface area contributed by atoms with Crippen molar-refractivity contribution in [2.75, 3.05) is 13.6 Å². The fraction of sp³-hybridized carbons (Fsp3) is 0.438. The van der Waals surface area contributed by atoms with Crippen molar-refractivity contribution in [2.24, 2.45) is 5.73 Å². The van der Waals surface area contributed by atoms with E-state index in [2.05, 4.69) is 9.97 Å². The number of carbonyl (C=O) groups excluding carboxylic acids is 1. The molecule has 0 aliphatic carbocycles. The van der Waals surface area contributed by atoms with Gasteiger partial charge in [-0.05, 0) is 25.5 Å². The molecule has 0 aliphatic rings. The quantitative estimate of drug-likeness (QED) is 0.834. The van der Waals surface area contributed by atoms with Crippen molar-refractivity contribution in [2.45, 2.75) is 32.2 Å². The van der Waals surface area contributed by atoms with Gasteiger partial charge in [-0.3, -0.25) is 9.59 Å². The van der Waals surface area contributed by atoms with Gasteiger partial charge in [0.25, 0.3) is 5.56 Å². The van der Waals surface area contributed by atoms with E-state index in [0.29, 0.717) is 42.5 Å². The SMILES string of the molecule is CC(CN)N(C)C(=O)CCCc1nc2ccccc2c(=O)[nH]1.Cl. The summed E-state index contributed by atoms with van der Waals surface area (Å²) in [6, 6.07) is 7.26. The Morgan fingerprint density at radius 1 is 1.39 bits per heavy atom. The second kappa shape index (κ2) is 8.64. The van der Waals surface area contributed by atoms with Crippen LogP contribution in [0.1, 0.15) is 25.6 Å². The highest BCUT2D eigenvalue weighted by molar-refractivity contribution is 5.85. The van der Waals surface area contributed by atoms with E-state index in [-0.39, 0.29) is 29.9 Å². The van der Waals surface area contributed by atoms with Crippen molar-refractivity contribution in [1.82, 2.24) is 14.9 Å². The maximum atomic E-state index is 12.0. The first-order valence-electron chi connectivity index (χ1n) is 7.46. The van der Waals surface area contributed by atoms with Gasteiger partial charge >= 0.3 is 0 Å². The van der Waals surface area contributed by atoms with Crippen LogP contribution < -0.4 is 11.3 Å². The topological polar surface area (TPSA) is 92.1 Å². The predicted molar refractivity (Wildman–Crippen MR) is 93.8 cm³/mol. The van der Waals surface area contributed by atoms with Gasteiger partial charge in [0.1, 0.15) is 5.82 Å². The van der Waals surface area contributed by atoms with Crippen LogP contribution in [0.2, 0.25) is 0 Å². The molecule has 0 aliphatic heterocycles. The maximum absolute atomic E-state index is 12.0. The third kappa shape index (κ3) is 4.77. The minimum absolute atomic E-state index is 0. The molecular weight excluding hydrogens is 316 g/mol. The average molecular weight is 339 g/mol. The first-order chi connectivity index (χ1) is 10.5. The highest BCUT2D eigenvalue weighted by atomic mass is 35.5. The average Bonchev–Trinajstić information content (AvgIpc) is 2.53. The number of nitrogens with zero attached hydrogens (tertiary/aromatic N) is 2. The maximum Gasteiger partial charge on any atom is 0.258 e. The van der Waals surface area contributed by atoms with Crippen LogP contribution in [0.3, 0.4) is 0 Å². The van der Waals surface area contributed by atoms with Crippen molar-refractivity contribution >= 4 is 29.2 Å². The number of hydrogen-bond acceptors (Lipinski definition) is 4. The normalized spacial score (nSPS) is 11.8. The van der Waals surface area contributed by atoms with Crippen molar-refractivity contribution < 1.29 is 4.79 Å². The van der Waals surface area contributed by atoms with Gasteiger partial charge in [0.15, 0.2) is 0 Å². The number of rotatable bonds is 6. The van der Waals surface area contributed by atoms with Gasteiger partial charge in [-0.15, -0.1) is 12.4 Å². The van der Waals surface area contributed by atoms with Crippen molar-refractivity contribution in [1.29, 1.82) is 0 Å². The summed E-state index contributed by atoms with van der Waals surface area (Å²) in [6.07, 6.45) is 1.62. The second-order valence-corrected chi connectivity index (χ2v) is 5.47. The summed E-state index contributed by atoms with van der Waals surface area (Å²) in [5.41, 5.74) is 6.10. The van der Waals surface area contributed by atoms with E-state index in [9.17, 15) is 9.59 Å². The van der Waals surface area contributed by atoms with Crippen LogP contribution in [0.5, 0.6) is 0 Å². The molecule has 0 spiro atoms. The number of benzene rings is 1. The zero-order chi connectivity index (χ0) is 16.1. The number of fused-ring (bicyclic) bond motifs is 1. The molecule has 0 saturated carbocycles. The van der Waals surface area contributed by atoms with Crippen LogP contribution in [0, 0.1) is 0 Å². The van der Waals surface area contributed by atoms with Gasteiger partial charge < -0.3 is 15.6 Å². The Morgan fingerprint density at radius 2 is 2.09 bits per heavy atom. The molecule has 1 aromatic heterocycles. The molecule has 0 radical (unpaired) electrons.